The number of anilines is 2. The third kappa shape index (κ3) is 6.84. The van der Waals surface area contributed by atoms with Crippen LogP contribution in [0.15, 0.2) is 41.5 Å². The van der Waals surface area contributed by atoms with Crippen LogP contribution in [-0.4, -0.2) is 32.0 Å². The van der Waals surface area contributed by atoms with E-state index in [1.54, 1.807) is 23.0 Å². The van der Waals surface area contributed by atoms with Gasteiger partial charge in [-0.15, -0.1) is 37.2 Å². The van der Waals surface area contributed by atoms with Gasteiger partial charge in [-0.1, -0.05) is 6.07 Å². The molecule has 0 aromatic carbocycles. The molecule has 0 unspecified atom stereocenters. The lowest BCUT2D eigenvalue weighted by molar-refractivity contribution is -0.124. The molecule has 9 nitrogen and oxygen atoms in total. The van der Waals surface area contributed by atoms with Crippen molar-refractivity contribution < 1.29 is 4.79 Å². The molecule has 1 aliphatic rings. The molecule has 0 saturated carbocycles. The summed E-state index contributed by atoms with van der Waals surface area (Å²) in [6.07, 6.45) is 5.29. The molecule has 0 radical (unpaired) electrons. The van der Waals surface area contributed by atoms with Gasteiger partial charge in [0, 0.05) is 49.0 Å². The maximum atomic E-state index is 13.1. The maximum Gasteiger partial charge on any atom is 0.294 e. The molecule has 3 aromatic heterocycles. The van der Waals surface area contributed by atoms with Crippen molar-refractivity contribution in [2.24, 2.45) is 0 Å². The largest absolute Gasteiger partial charge is 0.384 e. The Hall–Kier alpha value is -2.88. The van der Waals surface area contributed by atoms with E-state index in [-0.39, 0.29) is 54.5 Å². The molecule has 4 rings (SSSR count). The van der Waals surface area contributed by atoms with E-state index in [4.69, 9.17) is 5.73 Å². The summed E-state index contributed by atoms with van der Waals surface area (Å²) in [7, 11) is 0. The summed E-state index contributed by atoms with van der Waals surface area (Å²) < 4.78 is 1.56. The third-order valence-electron chi connectivity index (χ3n) is 5.77. The Morgan fingerprint density at radius 1 is 1.20 bits per heavy atom. The fourth-order valence-electron chi connectivity index (χ4n) is 4.11. The van der Waals surface area contributed by atoms with Gasteiger partial charge >= 0.3 is 0 Å². The van der Waals surface area contributed by atoms with Gasteiger partial charge in [0.1, 0.15) is 11.9 Å². The van der Waals surface area contributed by atoms with E-state index in [0.717, 1.165) is 28.2 Å². The Morgan fingerprint density at radius 3 is 2.66 bits per heavy atom. The van der Waals surface area contributed by atoms with Crippen molar-refractivity contribution in [2.45, 2.75) is 45.7 Å². The number of amides is 1. The summed E-state index contributed by atoms with van der Waals surface area (Å²) in [4.78, 5) is 38.9. The molecule has 1 atom stereocenters. The quantitative estimate of drug-likeness (QED) is 0.419. The lowest BCUT2D eigenvalue weighted by Gasteiger charge is -2.17. The second-order valence-corrected chi connectivity index (χ2v) is 7.97. The minimum Gasteiger partial charge on any atom is -0.384 e. The number of halogens is 3. The van der Waals surface area contributed by atoms with Crippen LogP contribution in [-0.2, 0) is 24.2 Å². The number of nitrogens with zero attached hydrogens (tertiary/aromatic N) is 4. The summed E-state index contributed by atoms with van der Waals surface area (Å²) in [6.45, 7) is 4.67. The van der Waals surface area contributed by atoms with Crippen molar-refractivity contribution in [3.8, 4) is 0 Å². The highest BCUT2D eigenvalue weighted by Gasteiger charge is 2.30. The Labute approximate surface area is 222 Å². The molecular formula is C23H30Cl3N7O2. The highest BCUT2D eigenvalue weighted by molar-refractivity contribution is 5.86. The standard InChI is InChI=1S/C23H27N7O2.3ClH/c1-14-11-20(24)29-15(2)18(14)13-28-22(31)19-7-6-17-12-27-21(23(32)30(17)19)26-10-8-16-5-3-4-9-25-16;;;/h3-5,9,11-12,19H,6-8,10,13H2,1-2H3,(H2,24,29)(H,26,27)(H,28,31);3*1H/t19-;;;/m0.../s1. The number of aromatic nitrogens is 4. The van der Waals surface area contributed by atoms with Crippen LogP contribution >= 0.6 is 37.2 Å². The molecular weight excluding hydrogens is 513 g/mol. The van der Waals surface area contributed by atoms with E-state index in [0.29, 0.717) is 38.2 Å². The normalized spacial score (nSPS) is 13.5. The zero-order chi connectivity index (χ0) is 22.7. The molecule has 12 heteroatoms. The molecule has 0 aliphatic carbocycles. The molecule has 0 bridgehead atoms. The van der Waals surface area contributed by atoms with E-state index < -0.39 is 6.04 Å². The number of nitrogens with two attached hydrogens (primary N) is 1. The van der Waals surface area contributed by atoms with Gasteiger partial charge in [0.15, 0.2) is 5.82 Å². The second kappa shape index (κ2) is 13.3. The van der Waals surface area contributed by atoms with Crippen molar-refractivity contribution in [3.63, 3.8) is 0 Å². The van der Waals surface area contributed by atoms with Gasteiger partial charge in [0.2, 0.25) is 5.91 Å². The molecule has 0 spiro atoms. The van der Waals surface area contributed by atoms with Crippen LogP contribution in [0.2, 0.25) is 0 Å². The first-order valence-corrected chi connectivity index (χ1v) is 10.7. The predicted molar refractivity (Wildman–Crippen MR) is 144 cm³/mol. The molecule has 0 saturated heterocycles. The van der Waals surface area contributed by atoms with Gasteiger partial charge in [-0.3, -0.25) is 19.1 Å². The average Bonchev–Trinajstić information content (AvgIpc) is 3.20. The summed E-state index contributed by atoms with van der Waals surface area (Å²) in [5.41, 5.74) is 9.91. The number of pyridine rings is 2. The first kappa shape index (κ1) is 30.2. The monoisotopic (exact) mass is 541 g/mol. The van der Waals surface area contributed by atoms with Crippen LogP contribution in [0, 0.1) is 13.8 Å². The highest BCUT2D eigenvalue weighted by atomic mass is 35.5. The summed E-state index contributed by atoms with van der Waals surface area (Å²) in [6, 6.07) is 6.96. The molecule has 35 heavy (non-hydrogen) atoms. The van der Waals surface area contributed by atoms with Gasteiger partial charge in [-0.25, -0.2) is 9.97 Å². The Morgan fingerprint density at radius 2 is 1.97 bits per heavy atom. The Balaban J connectivity index is 0.00000204. The van der Waals surface area contributed by atoms with Gasteiger partial charge < -0.3 is 16.4 Å². The zero-order valence-electron chi connectivity index (χ0n) is 19.5. The van der Waals surface area contributed by atoms with Crippen LogP contribution in [0.1, 0.15) is 40.7 Å². The number of hydrogen-bond donors (Lipinski definition) is 3. The van der Waals surface area contributed by atoms with Crippen molar-refractivity contribution in [1.82, 2.24) is 24.8 Å². The van der Waals surface area contributed by atoms with Crippen LogP contribution in [0.3, 0.4) is 0 Å². The molecule has 1 aliphatic heterocycles. The third-order valence-corrected chi connectivity index (χ3v) is 5.77. The number of aryl methyl sites for hydroxylation is 3. The van der Waals surface area contributed by atoms with Crippen molar-refractivity contribution in [2.75, 3.05) is 17.6 Å². The first-order valence-electron chi connectivity index (χ1n) is 10.7. The molecule has 4 heterocycles. The average molecular weight is 543 g/mol. The number of carbonyl (C=O) groups excluding carboxylic acids is 1. The van der Waals surface area contributed by atoms with E-state index >= 15 is 0 Å². The van der Waals surface area contributed by atoms with E-state index in [2.05, 4.69) is 25.6 Å². The summed E-state index contributed by atoms with van der Waals surface area (Å²) >= 11 is 0. The topological polar surface area (TPSA) is 128 Å². The number of carbonyl (C=O) groups is 1. The van der Waals surface area contributed by atoms with Crippen LogP contribution in [0.25, 0.3) is 0 Å². The zero-order valence-corrected chi connectivity index (χ0v) is 21.9. The van der Waals surface area contributed by atoms with Crippen LogP contribution < -0.4 is 21.9 Å². The minimum absolute atomic E-state index is 0. The Kier molecular flexibility index (Phi) is 11.4. The van der Waals surface area contributed by atoms with Crippen molar-refractivity contribution in [1.29, 1.82) is 0 Å². The maximum absolute atomic E-state index is 13.1. The lowest BCUT2D eigenvalue weighted by atomic mass is 10.1. The van der Waals surface area contributed by atoms with Crippen molar-refractivity contribution in [3.05, 3.63) is 75.2 Å². The summed E-state index contributed by atoms with van der Waals surface area (Å²) in [5.74, 6) is 0.521. The van der Waals surface area contributed by atoms with E-state index in [1.165, 1.54) is 0 Å². The van der Waals surface area contributed by atoms with Gasteiger partial charge in [-0.05, 0) is 56.0 Å². The molecule has 4 N–H and O–H groups in total. The van der Waals surface area contributed by atoms with Gasteiger partial charge in [0.05, 0.1) is 0 Å². The molecule has 3 aromatic rings. The Bertz CT molecular complexity index is 1180. The van der Waals surface area contributed by atoms with Gasteiger partial charge in [-0.2, -0.15) is 0 Å². The van der Waals surface area contributed by atoms with Crippen molar-refractivity contribution >= 4 is 54.8 Å². The second-order valence-electron chi connectivity index (χ2n) is 7.97. The highest BCUT2D eigenvalue weighted by Crippen LogP contribution is 2.24. The molecule has 1 amide bonds. The predicted octanol–water partition coefficient (Wildman–Crippen LogP) is 2.96. The lowest BCUT2D eigenvalue weighted by Crippen LogP contribution is -2.36. The number of hydrogen-bond acceptors (Lipinski definition) is 7. The number of rotatable bonds is 7. The molecule has 0 fully saturated rings. The number of fused-ring (bicyclic) bond motifs is 1. The fourth-order valence-corrected chi connectivity index (χ4v) is 4.11. The SMILES string of the molecule is Cc1cc(N)nc(C)c1CNC(=O)[C@@H]1CCc2cnc(NCCc3ccccn3)c(=O)n21.Cl.Cl.Cl. The van der Waals surface area contributed by atoms with E-state index in [1.807, 2.05) is 32.0 Å². The smallest absolute Gasteiger partial charge is 0.294 e. The minimum atomic E-state index is -0.556. The number of nitrogen functional groups attached to an aromatic ring is 1. The fraction of sp³-hybridized carbons (Fsp3) is 0.348. The first-order chi connectivity index (χ1) is 15.4. The van der Waals surface area contributed by atoms with Crippen LogP contribution in [0.4, 0.5) is 11.6 Å². The van der Waals surface area contributed by atoms with Crippen LogP contribution in [0.5, 0.6) is 0 Å². The van der Waals surface area contributed by atoms with E-state index in [9.17, 15) is 9.59 Å². The van der Waals surface area contributed by atoms with Gasteiger partial charge in [0.25, 0.3) is 5.56 Å². The molecule has 190 valence electrons. The summed E-state index contributed by atoms with van der Waals surface area (Å²) in [5, 5.41) is 6.06. The number of nitrogens with one attached hydrogen (secondary N) is 2.